The lowest BCUT2D eigenvalue weighted by Crippen LogP contribution is -2.09. The van der Waals surface area contributed by atoms with Gasteiger partial charge in [0.2, 0.25) is 0 Å². The van der Waals surface area contributed by atoms with Gasteiger partial charge in [-0.25, -0.2) is 4.39 Å². The van der Waals surface area contributed by atoms with Crippen LogP contribution in [0.1, 0.15) is 11.0 Å². The van der Waals surface area contributed by atoms with Crippen molar-refractivity contribution in [2.24, 2.45) is 0 Å². The molecule has 0 saturated heterocycles. The number of aromatic nitrogens is 1. The Balaban J connectivity index is 1.06. The Morgan fingerprint density at radius 2 is 0.776 bits per heavy atom. The Hall–Kier alpha value is -7.69. The average molecular weight is 756 g/mol. The van der Waals surface area contributed by atoms with E-state index in [0.717, 1.165) is 44.6 Å². The molecule has 0 aliphatic heterocycles. The largest absolute Gasteiger partial charge is 0.311 e. The number of anilines is 6. The molecule has 1 aromatic heterocycles. The van der Waals surface area contributed by atoms with Crippen LogP contribution in [0.3, 0.4) is 0 Å². The van der Waals surface area contributed by atoms with E-state index in [9.17, 15) is 15.4 Å². The molecule has 276 valence electrons. The molecule has 1 heterocycles. The van der Waals surface area contributed by atoms with Gasteiger partial charge in [0.1, 0.15) is 5.82 Å². The van der Waals surface area contributed by atoms with Gasteiger partial charge in [0.05, 0.1) is 22.0 Å². The lowest BCUT2D eigenvalue weighted by Gasteiger charge is -2.26. The van der Waals surface area contributed by atoms with Crippen molar-refractivity contribution in [3.8, 4) is 27.9 Å². The predicted molar refractivity (Wildman–Crippen MR) is 241 cm³/mol. The second-order valence-corrected chi connectivity index (χ2v) is 13.7. The Morgan fingerprint density at radius 1 is 0.345 bits per heavy atom. The van der Waals surface area contributed by atoms with Gasteiger partial charge < -0.3 is 14.4 Å². The first-order chi connectivity index (χ1) is 32.0. The van der Waals surface area contributed by atoms with Gasteiger partial charge in [-0.3, -0.25) is 0 Å². The topological polar surface area (TPSA) is 11.4 Å². The Morgan fingerprint density at radius 3 is 1.34 bits per heavy atom. The second kappa shape index (κ2) is 15.1. The predicted octanol–water partition coefficient (Wildman–Crippen LogP) is 15.2. The maximum atomic E-state index is 14.0. The molecule has 10 rings (SSSR count). The average Bonchev–Trinajstić information content (AvgIpc) is 3.68. The molecule has 9 aromatic carbocycles. The highest BCUT2D eigenvalue weighted by molar-refractivity contribution is 6.10. The van der Waals surface area contributed by atoms with Crippen LogP contribution >= 0.6 is 0 Å². The second-order valence-electron chi connectivity index (χ2n) is 13.7. The van der Waals surface area contributed by atoms with Gasteiger partial charge in [0, 0.05) is 50.6 Å². The van der Waals surface area contributed by atoms with Crippen molar-refractivity contribution >= 4 is 55.9 Å². The molecule has 0 spiro atoms. The molecular formula is C54H38FN3. The number of benzene rings is 9. The van der Waals surface area contributed by atoms with Crippen LogP contribution in [0.2, 0.25) is 0 Å². The minimum Gasteiger partial charge on any atom is -0.311 e. The fraction of sp³-hybridized carbons (Fsp3) is 0. The first-order valence-electron chi connectivity index (χ1n) is 22.9. The number of fused-ring (bicyclic) bond motifs is 3. The molecule has 0 aliphatic carbocycles. The third kappa shape index (κ3) is 6.57. The summed E-state index contributed by atoms with van der Waals surface area (Å²) >= 11 is 0. The molecule has 0 fully saturated rings. The Kier molecular flexibility index (Phi) is 7.03. The SMILES string of the molecule is [2H]c1c([2H])c(-c2c([2H])c([2H])c(N(c3ccccc3)c3ccccc3)c([2H])c2[2H])c([2H])c([2H])c1-c1ccc(N(c2ccccc2)c2ccc3c(c2)c2ccccc2n3-c2ccc(F)cc2)cc1. The van der Waals surface area contributed by atoms with Crippen LogP contribution in [0.5, 0.6) is 0 Å². The molecule has 4 heteroatoms. The highest BCUT2D eigenvalue weighted by atomic mass is 19.1. The van der Waals surface area contributed by atoms with Gasteiger partial charge in [-0.05, 0) is 131 Å². The van der Waals surface area contributed by atoms with E-state index in [1.165, 1.54) is 12.1 Å². The van der Waals surface area contributed by atoms with Crippen molar-refractivity contribution in [2.45, 2.75) is 0 Å². The molecule has 0 aliphatic rings. The molecule has 58 heavy (non-hydrogen) atoms. The van der Waals surface area contributed by atoms with E-state index in [1.807, 2.05) is 103 Å². The molecule has 10 aromatic rings. The normalized spacial score (nSPS) is 13.1. The molecule has 0 N–H and O–H groups in total. The van der Waals surface area contributed by atoms with Gasteiger partial charge in [0.15, 0.2) is 0 Å². The molecule has 0 amide bonds. The maximum Gasteiger partial charge on any atom is 0.123 e. The van der Waals surface area contributed by atoms with Crippen molar-refractivity contribution in [1.29, 1.82) is 0 Å². The van der Waals surface area contributed by atoms with E-state index < -0.39 is 36.3 Å². The summed E-state index contributed by atoms with van der Waals surface area (Å²) < 4.78 is 89.8. The third-order valence-electron chi connectivity index (χ3n) is 10.2. The lowest BCUT2D eigenvalue weighted by atomic mass is 9.99. The molecule has 0 saturated carbocycles. The van der Waals surface area contributed by atoms with E-state index in [1.54, 1.807) is 53.4 Å². The van der Waals surface area contributed by atoms with Crippen molar-refractivity contribution in [3.05, 3.63) is 236 Å². The molecule has 0 bridgehead atoms. The Labute approximate surface area is 349 Å². The molecule has 0 unspecified atom stereocenters. The zero-order valence-corrected chi connectivity index (χ0v) is 31.0. The minimum absolute atomic E-state index is 0.0145. The summed E-state index contributed by atoms with van der Waals surface area (Å²) in [6.45, 7) is 0. The van der Waals surface area contributed by atoms with Gasteiger partial charge >= 0.3 is 0 Å². The van der Waals surface area contributed by atoms with Crippen molar-refractivity contribution in [3.63, 3.8) is 0 Å². The van der Waals surface area contributed by atoms with Crippen molar-refractivity contribution < 1.29 is 15.4 Å². The van der Waals surface area contributed by atoms with Crippen LogP contribution in [-0.2, 0) is 0 Å². The van der Waals surface area contributed by atoms with E-state index in [2.05, 4.69) is 27.7 Å². The minimum atomic E-state index is -0.486. The van der Waals surface area contributed by atoms with Crippen molar-refractivity contribution in [2.75, 3.05) is 9.80 Å². The first kappa shape index (κ1) is 27.0. The summed E-state index contributed by atoms with van der Waals surface area (Å²) in [6.07, 6.45) is 0. The Bertz CT molecular complexity index is 3360. The van der Waals surface area contributed by atoms with E-state index in [4.69, 9.17) is 0 Å². The highest BCUT2D eigenvalue weighted by Crippen LogP contribution is 2.41. The van der Waals surface area contributed by atoms with Crippen LogP contribution in [0.15, 0.2) is 230 Å². The number of hydrogen-bond donors (Lipinski definition) is 0. The zero-order valence-electron chi connectivity index (χ0n) is 39.0. The molecule has 0 radical (unpaired) electrons. The van der Waals surface area contributed by atoms with Crippen molar-refractivity contribution in [1.82, 2.24) is 4.57 Å². The molecule has 0 atom stereocenters. The number of halogens is 1. The lowest BCUT2D eigenvalue weighted by molar-refractivity contribution is 0.627. The van der Waals surface area contributed by atoms with E-state index in [0.29, 0.717) is 16.9 Å². The van der Waals surface area contributed by atoms with Crippen LogP contribution in [0, 0.1) is 5.82 Å². The number of rotatable bonds is 9. The van der Waals surface area contributed by atoms with Crippen LogP contribution in [-0.4, -0.2) is 4.57 Å². The van der Waals surface area contributed by atoms with E-state index in [-0.39, 0.29) is 40.3 Å². The summed E-state index contributed by atoms with van der Waals surface area (Å²) in [7, 11) is 0. The summed E-state index contributed by atoms with van der Waals surface area (Å²) in [5, 5.41) is 2.02. The maximum absolute atomic E-state index is 14.0. The third-order valence-corrected chi connectivity index (χ3v) is 10.2. The van der Waals surface area contributed by atoms with Gasteiger partial charge in [-0.15, -0.1) is 0 Å². The summed E-state index contributed by atoms with van der Waals surface area (Å²) in [5.41, 5.74) is 6.30. The summed E-state index contributed by atoms with van der Waals surface area (Å²) in [6, 6.07) is 52.5. The van der Waals surface area contributed by atoms with Crippen LogP contribution in [0.25, 0.3) is 49.7 Å². The molecular weight excluding hydrogens is 710 g/mol. The fourth-order valence-corrected chi connectivity index (χ4v) is 7.46. The number of hydrogen-bond acceptors (Lipinski definition) is 2. The number of para-hydroxylation sites is 4. The van der Waals surface area contributed by atoms with Gasteiger partial charge in [-0.2, -0.15) is 0 Å². The zero-order chi connectivity index (χ0) is 45.8. The van der Waals surface area contributed by atoms with Crippen LogP contribution < -0.4 is 9.80 Å². The van der Waals surface area contributed by atoms with Gasteiger partial charge in [0.25, 0.3) is 0 Å². The molecule has 3 nitrogen and oxygen atoms in total. The number of nitrogens with zero attached hydrogens (tertiary/aromatic N) is 3. The van der Waals surface area contributed by atoms with Gasteiger partial charge in [-0.1, -0.05) is 121 Å². The fourth-order valence-electron chi connectivity index (χ4n) is 7.46. The first-order valence-corrected chi connectivity index (χ1v) is 18.9. The van der Waals surface area contributed by atoms with E-state index >= 15 is 0 Å². The summed E-state index contributed by atoms with van der Waals surface area (Å²) in [4.78, 5) is 3.73. The highest BCUT2D eigenvalue weighted by Gasteiger charge is 2.18. The quantitative estimate of drug-likeness (QED) is 0.145. The smallest absolute Gasteiger partial charge is 0.123 e. The summed E-state index contributed by atoms with van der Waals surface area (Å²) in [5.74, 6) is -0.310. The standard InChI is InChI=1S/C54H38FN3/c55-43-28-34-49(35-29-43)58-53-19-11-10-18-51(53)52-38-50(36-37-54(52)58)57(46-16-8-3-9-17-46)48-32-26-42(27-33-48)40-22-20-39(21-23-40)41-24-30-47(31-25-41)56(44-12-4-1-5-13-44)45-14-6-2-7-15-45/h1-38H/i20D,21D,22D,23D,24D,25D,30D,31D. The van der Waals surface area contributed by atoms with Crippen LogP contribution in [0.4, 0.5) is 38.5 Å². The monoisotopic (exact) mass is 755 g/mol.